The molecule has 0 spiro atoms. The van der Waals surface area contributed by atoms with Crippen LogP contribution in [-0.2, 0) is 19.1 Å². The minimum Gasteiger partial charge on any atom is -0.465 e. The summed E-state index contributed by atoms with van der Waals surface area (Å²) in [4.78, 5) is 25.6. The van der Waals surface area contributed by atoms with Crippen molar-refractivity contribution in [3.05, 3.63) is 37.0 Å². The number of aliphatic hydroxyl groups is 4. The normalized spacial score (nSPS) is 46.0. The predicted octanol–water partition coefficient (Wildman–Crippen LogP) is 6.06. The number of carbonyl (C=O) groups is 2. The maximum Gasteiger partial charge on any atom is 0.306 e. The summed E-state index contributed by atoms with van der Waals surface area (Å²) in [5.41, 5.74) is -1.97. The predicted molar refractivity (Wildman–Crippen MR) is 184 cm³/mol. The molecule has 0 amide bonds. The molecule has 270 valence electrons. The van der Waals surface area contributed by atoms with Gasteiger partial charge in [0.2, 0.25) is 0 Å². The molecule has 8 heteroatoms. The summed E-state index contributed by atoms with van der Waals surface area (Å²) in [5, 5.41) is 46.7. The molecule has 0 bridgehead atoms. The van der Waals surface area contributed by atoms with E-state index in [1.165, 1.54) is 5.57 Å². The van der Waals surface area contributed by atoms with Crippen LogP contribution in [-0.4, -0.2) is 70.0 Å². The highest BCUT2D eigenvalue weighted by molar-refractivity contribution is 5.70. The van der Waals surface area contributed by atoms with Crippen molar-refractivity contribution >= 4 is 11.9 Å². The highest BCUT2D eigenvalue weighted by Crippen LogP contribution is 2.76. The SMILES string of the molecule is C=CCCC(=O)OC[C@]1(C)C2CC[C@]3(C)C(CC=C4C5CC(C)(C)[C@@H](O)[C@H](OC(=O)CCC=C)[C@]5(CO)[C@H](O)C[C@]43C)[C@@]2(C)CC[C@@H]1O. The van der Waals surface area contributed by atoms with Gasteiger partial charge in [0.15, 0.2) is 0 Å². The van der Waals surface area contributed by atoms with Crippen LogP contribution in [0.25, 0.3) is 0 Å². The first kappa shape index (κ1) is 37.3. The summed E-state index contributed by atoms with van der Waals surface area (Å²) in [5.74, 6) is -0.616. The van der Waals surface area contributed by atoms with Gasteiger partial charge in [-0.15, -0.1) is 13.2 Å². The second kappa shape index (κ2) is 13.0. The summed E-state index contributed by atoms with van der Waals surface area (Å²) >= 11 is 0. The summed E-state index contributed by atoms with van der Waals surface area (Å²) in [6.45, 7) is 20.3. The van der Waals surface area contributed by atoms with E-state index in [9.17, 15) is 30.0 Å². The van der Waals surface area contributed by atoms with Crippen LogP contribution >= 0.6 is 0 Å². The Kier molecular flexibility index (Phi) is 10.1. The molecule has 48 heavy (non-hydrogen) atoms. The van der Waals surface area contributed by atoms with Gasteiger partial charge in [0.25, 0.3) is 0 Å². The van der Waals surface area contributed by atoms with Gasteiger partial charge in [0, 0.05) is 18.3 Å². The lowest BCUT2D eigenvalue weighted by molar-refractivity contribution is -0.264. The van der Waals surface area contributed by atoms with Gasteiger partial charge in [-0.05, 0) is 97.2 Å². The zero-order chi connectivity index (χ0) is 35.5. The summed E-state index contributed by atoms with van der Waals surface area (Å²) < 4.78 is 11.9. The van der Waals surface area contributed by atoms with E-state index in [4.69, 9.17) is 9.47 Å². The molecule has 4 saturated carbocycles. The molecule has 5 aliphatic rings. The van der Waals surface area contributed by atoms with E-state index in [0.717, 1.165) is 25.7 Å². The zero-order valence-electron chi connectivity index (χ0n) is 30.3. The highest BCUT2D eigenvalue weighted by atomic mass is 16.6. The standard InChI is InChI=1S/C40H62O8/c1-9-11-13-31(44)47-24-37(6)27-17-20-38(7)28(36(27,5)19-18-29(37)42)16-15-25-26-21-35(3,4)33(46)34(48-32(45)14-12-10-2)40(26,23-41)30(43)22-39(25,38)8/h9-10,15,26-30,33-34,41-43,46H,1-2,11-14,16-24H2,3-8H3/t26?,27?,28?,29-,30+,33-,34-,36-,37+,38+,39+,40-/m0/s1. The van der Waals surface area contributed by atoms with Crippen LogP contribution in [0.15, 0.2) is 37.0 Å². The molecule has 5 rings (SSSR count). The van der Waals surface area contributed by atoms with Crippen molar-refractivity contribution in [3.63, 3.8) is 0 Å². The molecule has 4 N–H and O–H groups in total. The number of fused-ring (bicyclic) bond motifs is 7. The Morgan fingerprint density at radius 1 is 0.896 bits per heavy atom. The maximum atomic E-state index is 13.0. The molecule has 0 aromatic rings. The molecule has 0 saturated heterocycles. The van der Waals surface area contributed by atoms with Gasteiger partial charge >= 0.3 is 11.9 Å². The molecule has 0 aliphatic heterocycles. The van der Waals surface area contributed by atoms with Crippen molar-refractivity contribution in [2.75, 3.05) is 13.2 Å². The number of hydrogen-bond donors (Lipinski definition) is 4. The van der Waals surface area contributed by atoms with Gasteiger partial charge < -0.3 is 29.9 Å². The third-order valence-corrected chi connectivity index (χ3v) is 15.1. The first-order chi connectivity index (χ1) is 22.4. The second-order valence-electron chi connectivity index (χ2n) is 17.8. The molecular formula is C40H62O8. The lowest BCUT2D eigenvalue weighted by atomic mass is 9.33. The number of aliphatic hydroxyl groups excluding tert-OH is 4. The molecule has 0 aromatic carbocycles. The van der Waals surface area contributed by atoms with Crippen molar-refractivity contribution in [2.45, 2.75) is 137 Å². The third kappa shape index (κ3) is 5.38. The van der Waals surface area contributed by atoms with E-state index in [-0.39, 0.29) is 54.0 Å². The Bertz CT molecular complexity index is 1310. The molecule has 0 aromatic heterocycles. The van der Waals surface area contributed by atoms with Crippen LogP contribution in [0.4, 0.5) is 0 Å². The fourth-order valence-corrected chi connectivity index (χ4v) is 12.0. The van der Waals surface area contributed by atoms with E-state index in [2.05, 4.69) is 46.9 Å². The van der Waals surface area contributed by atoms with Gasteiger partial charge in [-0.1, -0.05) is 65.3 Å². The van der Waals surface area contributed by atoms with E-state index in [1.807, 2.05) is 13.8 Å². The van der Waals surface area contributed by atoms with Crippen LogP contribution in [0.1, 0.15) is 112 Å². The largest absolute Gasteiger partial charge is 0.465 e. The number of rotatable bonds is 10. The van der Waals surface area contributed by atoms with Crippen LogP contribution in [0.2, 0.25) is 0 Å². The Labute approximate surface area is 288 Å². The topological polar surface area (TPSA) is 134 Å². The molecule has 3 unspecified atom stereocenters. The number of ether oxygens (including phenoxy) is 2. The smallest absolute Gasteiger partial charge is 0.306 e. The Morgan fingerprint density at radius 2 is 1.54 bits per heavy atom. The Morgan fingerprint density at radius 3 is 2.17 bits per heavy atom. The molecule has 5 aliphatic carbocycles. The summed E-state index contributed by atoms with van der Waals surface area (Å²) in [6, 6.07) is 0. The Hall–Kier alpha value is -2.00. The van der Waals surface area contributed by atoms with Crippen LogP contribution in [0.3, 0.4) is 0 Å². The fraction of sp³-hybridized carbons (Fsp3) is 0.800. The van der Waals surface area contributed by atoms with Gasteiger partial charge in [-0.25, -0.2) is 0 Å². The monoisotopic (exact) mass is 670 g/mol. The molecule has 8 nitrogen and oxygen atoms in total. The third-order valence-electron chi connectivity index (χ3n) is 15.1. The van der Waals surface area contributed by atoms with E-state index >= 15 is 0 Å². The van der Waals surface area contributed by atoms with Gasteiger partial charge in [-0.2, -0.15) is 0 Å². The first-order valence-corrected chi connectivity index (χ1v) is 18.4. The van der Waals surface area contributed by atoms with Crippen molar-refractivity contribution in [1.29, 1.82) is 0 Å². The van der Waals surface area contributed by atoms with E-state index in [1.54, 1.807) is 12.2 Å². The van der Waals surface area contributed by atoms with Gasteiger partial charge in [0.1, 0.15) is 6.10 Å². The maximum absolute atomic E-state index is 13.0. The second-order valence-corrected chi connectivity index (χ2v) is 17.8. The summed E-state index contributed by atoms with van der Waals surface area (Å²) in [6.07, 6.45) is 8.47. The lowest BCUT2D eigenvalue weighted by Gasteiger charge is -2.72. The minimum atomic E-state index is -1.22. The van der Waals surface area contributed by atoms with Crippen LogP contribution in [0, 0.1) is 50.2 Å². The molecular weight excluding hydrogens is 608 g/mol. The van der Waals surface area contributed by atoms with Crippen molar-refractivity contribution in [2.24, 2.45) is 50.2 Å². The number of allylic oxidation sites excluding steroid dienone is 4. The number of carbonyl (C=O) groups excluding carboxylic acids is 2. The van der Waals surface area contributed by atoms with Crippen LogP contribution in [0.5, 0.6) is 0 Å². The molecule has 12 atom stereocenters. The van der Waals surface area contributed by atoms with Gasteiger partial charge in [-0.3, -0.25) is 9.59 Å². The number of hydrogen-bond acceptors (Lipinski definition) is 8. The minimum absolute atomic E-state index is 0.122. The van der Waals surface area contributed by atoms with Crippen molar-refractivity contribution in [1.82, 2.24) is 0 Å². The average molecular weight is 671 g/mol. The zero-order valence-corrected chi connectivity index (χ0v) is 30.3. The summed E-state index contributed by atoms with van der Waals surface area (Å²) in [7, 11) is 0. The molecule has 0 radical (unpaired) electrons. The van der Waals surface area contributed by atoms with Crippen molar-refractivity contribution in [3.8, 4) is 0 Å². The van der Waals surface area contributed by atoms with E-state index in [0.29, 0.717) is 32.1 Å². The van der Waals surface area contributed by atoms with Crippen LogP contribution < -0.4 is 0 Å². The molecule has 0 heterocycles. The fourth-order valence-electron chi connectivity index (χ4n) is 12.0. The highest BCUT2D eigenvalue weighted by Gasteiger charge is 2.73. The van der Waals surface area contributed by atoms with Gasteiger partial charge in [0.05, 0.1) is 36.9 Å². The lowest BCUT2D eigenvalue weighted by Crippen LogP contribution is -2.72. The Balaban J connectivity index is 1.53. The molecule has 4 fully saturated rings. The first-order valence-electron chi connectivity index (χ1n) is 18.4. The average Bonchev–Trinajstić information content (AvgIpc) is 3.02. The van der Waals surface area contributed by atoms with Crippen molar-refractivity contribution < 1.29 is 39.5 Å². The number of esters is 2. The van der Waals surface area contributed by atoms with E-state index < -0.39 is 58.7 Å². The quantitative estimate of drug-likeness (QED) is 0.163.